The summed E-state index contributed by atoms with van der Waals surface area (Å²) in [6.07, 6.45) is 12.4. The van der Waals surface area contributed by atoms with E-state index in [4.69, 9.17) is 0 Å². The summed E-state index contributed by atoms with van der Waals surface area (Å²) in [6.45, 7) is 8.15. The van der Waals surface area contributed by atoms with Gasteiger partial charge in [-0.05, 0) is 66.9 Å². The predicted octanol–water partition coefficient (Wildman–Crippen LogP) is 9.93. The third-order valence-corrected chi connectivity index (χ3v) is 6.00. The van der Waals surface area contributed by atoms with Gasteiger partial charge in [-0.15, -0.1) is 0 Å². The zero-order valence-corrected chi connectivity index (χ0v) is 21.1. The van der Waals surface area contributed by atoms with Crippen LogP contribution in [0.25, 0.3) is 44.7 Å². The molecule has 35 heavy (non-hydrogen) atoms. The molecule has 1 heterocycles. The lowest BCUT2D eigenvalue weighted by atomic mass is 10.0. The number of nitrogens with zero attached hydrogens (tertiary/aromatic N) is 1. The highest BCUT2D eigenvalue weighted by Crippen LogP contribution is 2.35. The average molecular weight is 456 g/mol. The van der Waals surface area contributed by atoms with E-state index in [2.05, 4.69) is 121 Å². The van der Waals surface area contributed by atoms with Crippen molar-refractivity contribution in [1.82, 2.24) is 4.57 Å². The van der Waals surface area contributed by atoms with Crippen LogP contribution in [0.2, 0.25) is 0 Å². The minimum atomic E-state index is 1.19. The summed E-state index contributed by atoms with van der Waals surface area (Å²) >= 11 is 0. The molecule has 5 rings (SSSR count). The zero-order chi connectivity index (χ0) is 24.6. The smallest absolute Gasteiger partial charge is 0.0541 e. The number of hydrogen-bond donors (Lipinski definition) is 0. The second-order valence-corrected chi connectivity index (χ2v) is 8.32. The van der Waals surface area contributed by atoms with E-state index in [1.54, 1.807) is 0 Å². The summed E-state index contributed by atoms with van der Waals surface area (Å²) in [5.41, 5.74) is 8.57. The first-order chi connectivity index (χ1) is 17.2. The second kappa shape index (κ2) is 11.4. The molecule has 0 N–H and O–H groups in total. The number of rotatable bonds is 5. The van der Waals surface area contributed by atoms with Gasteiger partial charge in [0.25, 0.3) is 0 Å². The van der Waals surface area contributed by atoms with Gasteiger partial charge in [0.15, 0.2) is 0 Å². The van der Waals surface area contributed by atoms with Gasteiger partial charge in [-0.25, -0.2) is 0 Å². The van der Waals surface area contributed by atoms with Gasteiger partial charge in [0.2, 0.25) is 0 Å². The van der Waals surface area contributed by atoms with Crippen molar-refractivity contribution in [2.75, 3.05) is 0 Å². The molecule has 0 atom stereocenters. The summed E-state index contributed by atoms with van der Waals surface area (Å²) in [7, 11) is 0. The lowest BCUT2D eigenvalue weighted by Crippen LogP contribution is -1.93. The molecule has 0 bridgehead atoms. The number of aromatic nitrogens is 1. The van der Waals surface area contributed by atoms with Crippen molar-refractivity contribution in [1.29, 1.82) is 0 Å². The van der Waals surface area contributed by atoms with Crippen LogP contribution in [0.3, 0.4) is 0 Å². The van der Waals surface area contributed by atoms with E-state index in [1.807, 2.05) is 39.0 Å². The lowest BCUT2D eigenvalue weighted by molar-refractivity contribution is 1.17. The van der Waals surface area contributed by atoms with Crippen LogP contribution in [0.5, 0.6) is 0 Å². The second-order valence-electron chi connectivity index (χ2n) is 8.32. The minimum absolute atomic E-state index is 1.19. The topological polar surface area (TPSA) is 4.93 Å². The Morgan fingerprint density at radius 1 is 0.600 bits per heavy atom. The molecule has 0 unspecified atom stereocenters. The molecule has 0 fully saturated rings. The van der Waals surface area contributed by atoms with Gasteiger partial charge < -0.3 is 4.57 Å². The number of allylic oxidation sites excluding steroid dienone is 5. The molecule has 0 amide bonds. The number of fused-ring (bicyclic) bond motifs is 3. The molecule has 5 aromatic rings. The fraction of sp³-hybridized carbons (Fsp3) is 0.118. The molecule has 174 valence electrons. The molecule has 0 radical (unpaired) electrons. The highest BCUT2D eigenvalue weighted by molar-refractivity contribution is 6.11. The normalized spacial score (nSPS) is 11.7. The summed E-state index contributed by atoms with van der Waals surface area (Å²) in [4.78, 5) is 0. The molecule has 0 aliphatic heterocycles. The zero-order valence-electron chi connectivity index (χ0n) is 21.1. The molecule has 0 aliphatic carbocycles. The van der Waals surface area contributed by atoms with Gasteiger partial charge in [0, 0.05) is 16.5 Å². The number of benzene rings is 4. The highest BCUT2D eigenvalue weighted by Gasteiger charge is 2.13. The van der Waals surface area contributed by atoms with E-state index in [-0.39, 0.29) is 0 Å². The first-order valence-electron chi connectivity index (χ1n) is 12.4. The summed E-state index contributed by atoms with van der Waals surface area (Å²) in [5.74, 6) is 0. The monoisotopic (exact) mass is 455 g/mol. The molecule has 0 aliphatic rings. The van der Waals surface area contributed by atoms with Crippen LogP contribution in [0, 0.1) is 6.92 Å². The third-order valence-electron chi connectivity index (χ3n) is 6.00. The molecular weight excluding hydrogens is 422 g/mol. The quantitative estimate of drug-likeness (QED) is 0.232. The molecule has 1 heteroatoms. The van der Waals surface area contributed by atoms with Gasteiger partial charge in [-0.2, -0.15) is 0 Å². The first-order valence-corrected chi connectivity index (χ1v) is 12.4. The Morgan fingerprint density at radius 3 is 1.97 bits per heavy atom. The van der Waals surface area contributed by atoms with Gasteiger partial charge in [-0.3, -0.25) is 0 Å². The third kappa shape index (κ3) is 5.20. The molecule has 1 aromatic heterocycles. The van der Waals surface area contributed by atoms with Crippen LogP contribution in [0.15, 0.2) is 121 Å². The van der Waals surface area contributed by atoms with Gasteiger partial charge in [0.05, 0.1) is 11.0 Å². The Morgan fingerprint density at radius 2 is 1.26 bits per heavy atom. The van der Waals surface area contributed by atoms with Gasteiger partial charge >= 0.3 is 0 Å². The fourth-order valence-corrected chi connectivity index (χ4v) is 4.33. The predicted molar refractivity (Wildman–Crippen MR) is 155 cm³/mol. The molecule has 0 saturated carbocycles. The summed E-state index contributed by atoms with van der Waals surface area (Å²) in [5, 5.41) is 2.54. The van der Waals surface area contributed by atoms with Crippen LogP contribution < -0.4 is 0 Å². The van der Waals surface area contributed by atoms with Crippen LogP contribution >= 0.6 is 0 Å². The van der Waals surface area contributed by atoms with Crippen molar-refractivity contribution >= 4 is 27.9 Å². The number of hydrogen-bond acceptors (Lipinski definition) is 0. The van der Waals surface area contributed by atoms with E-state index in [1.165, 1.54) is 49.7 Å². The van der Waals surface area contributed by atoms with Crippen LogP contribution in [-0.4, -0.2) is 4.57 Å². The van der Waals surface area contributed by atoms with E-state index in [0.29, 0.717) is 0 Å². The van der Waals surface area contributed by atoms with E-state index >= 15 is 0 Å². The standard InChI is InChI=1S/C32H27N.C2H6/c1-3-4-5-6-8-11-25-16-20-31-29(22-25)30-23-27(26-12-9-7-10-13-26)17-21-32(30)33(31)28-18-14-24(2)15-19-28;1-2/h3-23H,1-2H3;1-2H3/b4-3-,6-5-,11-8+;. The van der Waals surface area contributed by atoms with Crippen molar-refractivity contribution in [3.63, 3.8) is 0 Å². The Labute approximate surface area is 209 Å². The van der Waals surface area contributed by atoms with Crippen molar-refractivity contribution in [2.24, 2.45) is 0 Å². The summed E-state index contributed by atoms with van der Waals surface area (Å²) < 4.78 is 2.37. The maximum Gasteiger partial charge on any atom is 0.0541 e. The molecule has 0 spiro atoms. The SMILES string of the molecule is CC.C\C=C/C=C\C=C\c1ccc2c(c1)c1cc(-c3ccccc3)ccc1n2-c1ccc(C)cc1. The molecular formula is C34H33N. The first kappa shape index (κ1) is 24.0. The van der Waals surface area contributed by atoms with Gasteiger partial charge in [-0.1, -0.05) is 110 Å². The molecule has 4 aromatic carbocycles. The van der Waals surface area contributed by atoms with E-state index in [0.717, 1.165) is 0 Å². The van der Waals surface area contributed by atoms with Gasteiger partial charge in [0.1, 0.15) is 0 Å². The van der Waals surface area contributed by atoms with Crippen LogP contribution in [0.4, 0.5) is 0 Å². The maximum atomic E-state index is 2.37. The van der Waals surface area contributed by atoms with E-state index in [9.17, 15) is 0 Å². The largest absolute Gasteiger partial charge is 0.309 e. The maximum absolute atomic E-state index is 2.37. The fourth-order valence-electron chi connectivity index (χ4n) is 4.33. The van der Waals surface area contributed by atoms with Crippen LogP contribution in [0.1, 0.15) is 31.9 Å². The summed E-state index contributed by atoms with van der Waals surface area (Å²) in [6, 6.07) is 32.9. The Kier molecular flexibility index (Phi) is 7.80. The van der Waals surface area contributed by atoms with Crippen molar-refractivity contribution in [3.05, 3.63) is 133 Å². The number of aryl methyl sites for hydroxylation is 1. The Balaban J connectivity index is 0.00000141. The van der Waals surface area contributed by atoms with Crippen LogP contribution in [-0.2, 0) is 0 Å². The van der Waals surface area contributed by atoms with Crippen molar-refractivity contribution < 1.29 is 0 Å². The Hall–Kier alpha value is -4.10. The van der Waals surface area contributed by atoms with Crippen molar-refractivity contribution in [3.8, 4) is 16.8 Å². The Bertz CT molecular complexity index is 1490. The van der Waals surface area contributed by atoms with Crippen molar-refractivity contribution in [2.45, 2.75) is 27.7 Å². The average Bonchev–Trinajstić information content (AvgIpc) is 3.24. The minimum Gasteiger partial charge on any atom is -0.309 e. The molecule has 0 saturated heterocycles. The van der Waals surface area contributed by atoms with E-state index < -0.39 is 0 Å². The lowest BCUT2D eigenvalue weighted by Gasteiger charge is -2.09. The highest BCUT2D eigenvalue weighted by atomic mass is 15.0. The molecule has 1 nitrogen and oxygen atoms in total.